The Bertz CT molecular complexity index is 1160. The van der Waals surface area contributed by atoms with E-state index in [2.05, 4.69) is 5.32 Å². The Balaban J connectivity index is 1.73. The number of sulfonamides is 1. The molecule has 9 heteroatoms. The minimum Gasteiger partial charge on any atom is -0.357 e. The number of benzene rings is 2. The van der Waals surface area contributed by atoms with E-state index in [0.717, 1.165) is 15.4 Å². The van der Waals surface area contributed by atoms with Crippen molar-refractivity contribution in [2.45, 2.75) is 50.6 Å². The third-order valence-electron chi connectivity index (χ3n) is 5.73. The molecule has 0 aromatic heterocycles. The molecule has 1 N–H and O–H groups in total. The van der Waals surface area contributed by atoms with Gasteiger partial charge >= 0.3 is 0 Å². The summed E-state index contributed by atoms with van der Waals surface area (Å²) in [7, 11) is -2.38. The summed E-state index contributed by atoms with van der Waals surface area (Å²) < 4.78 is 26.3. The van der Waals surface area contributed by atoms with Crippen LogP contribution in [0.1, 0.15) is 47.7 Å². The van der Waals surface area contributed by atoms with Gasteiger partial charge in [-0.1, -0.05) is 48.9 Å². The van der Waals surface area contributed by atoms with E-state index in [1.165, 1.54) is 24.1 Å². The molecular formula is C24H29N3O5S. The second-order valence-electron chi connectivity index (χ2n) is 8.03. The van der Waals surface area contributed by atoms with Crippen LogP contribution in [0.2, 0.25) is 0 Å². The third kappa shape index (κ3) is 5.08. The predicted octanol–water partition coefficient (Wildman–Crippen LogP) is 2.47. The van der Waals surface area contributed by atoms with Gasteiger partial charge in [0.1, 0.15) is 10.9 Å². The highest BCUT2D eigenvalue weighted by Crippen LogP contribution is 2.30. The molecule has 176 valence electrons. The lowest BCUT2D eigenvalue weighted by Crippen LogP contribution is -2.48. The van der Waals surface area contributed by atoms with Crippen LogP contribution in [0.3, 0.4) is 0 Å². The molecule has 1 atom stereocenters. The maximum absolute atomic E-state index is 13.2. The Hall–Kier alpha value is -3.20. The van der Waals surface area contributed by atoms with E-state index in [-0.39, 0.29) is 48.2 Å². The second kappa shape index (κ2) is 10.2. The van der Waals surface area contributed by atoms with Crippen molar-refractivity contribution in [3.05, 3.63) is 65.2 Å². The molecule has 2 aromatic carbocycles. The summed E-state index contributed by atoms with van der Waals surface area (Å²) in [4.78, 5) is 39.7. The van der Waals surface area contributed by atoms with E-state index < -0.39 is 22.0 Å². The van der Waals surface area contributed by atoms with Gasteiger partial charge in [0.15, 0.2) is 0 Å². The average Bonchev–Trinajstić information content (AvgIpc) is 2.99. The Kier molecular flexibility index (Phi) is 7.53. The highest BCUT2D eigenvalue weighted by molar-refractivity contribution is 7.90. The summed E-state index contributed by atoms with van der Waals surface area (Å²) in [6.07, 6.45) is 0.604. The topological polar surface area (TPSA) is 104 Å². The van der Waals surface area contributed by atoms with Crippen LogP contribution in [0.5, 0.6) is 0 Å². The first-order chi connectivity index (χ1) is 15.7. The van der Waals surface area contributed by atoms with Crippen LogP contribution in [0.25, 0.3) is 0 Å². The smallest absolute Gasteiger partial charge is 0.269 e. The van der Waals surface area contributed by atoms with E-state index in [4.69, 9.17) is 0 Å². The minimum atomic E-state index is -3.91. The summed E-state index contributed by atoms with van der Waals surface area (Å²) in [6.45, 7) is 3.95. The number of aryl methyl sites for hydroxylation is 1. The Morgan fingerprint density at radius 1 is 1.12 bits per heavy atom. The molecule has 0 saturated heterocycles. The standard InChI is InChI=1S/C24H29N3O5S/c1-4-20(23(29)25-3)26(16-18-10-7-9-17(2)15-18)22(28)13-8-14-27-24(30)19-11-5-6-12-21(19)33(27,31)32/h5-7,9-12,15,20H,4,8,13-14,16H2,1-3H3,(H,25,29)/t20-/m1/s1. The van der Waals surface area contributed by atoms with E-state index in [1.807, 2.05) is 38.1 Å². The molecule has 0 spiro atoms. The Morgan fingerprint density at radius 3 is 2.48 bits per heavy atom. The molecule has 3 rings (SSSR count). The van der Waals surface area contributed by atoms with Crippen LogP contribution in [0.4, 0.5) is 0 Å². The first kappa shape index (κ1) is 24.4. The lowest BCUT2D eigenvalue weighted by atomic mass is 10.1. The number of likely N-dealkylation sites (N-methyl/N-ethyl adjacent to an activating group) is 1. The fourth-order valence-electron chi connectivity index (χ4n) is 4.06. The summed E-state index contributed by atoms with van der Waals surface area (Å²) in [5, 5.41) is 2.61. The van der Waals surface area contributed by atoms with E-state index in [0.29, 0.717) is 6.42 Å². The van der Waals surface area contributed by atoms with Crippen molar-refractivity contribution in [3.8, 4) is 0 Å². The maximum atomic E-state index is 13.2. The Labute approximate surface area is 194 Å². The van der Waals surface area contributed by atoms with Gasteiger partial charge in [0.25, 0.3) is 15.9 Å². The minimum absolute atomic E-state index is 0.00642. The molecule has 0 radical (unpaired) electrons. The van der Waals surface area contributed by atoms with Crippen molar-refractivity contribution in [1.82, 2.24) is 14.5 Å². The van der Waals surface area contributed by atoms with Crippen molar-refractivity contribution in [2.75, 3.05) is 13.6 Å². The first-order valence-corrected chi connectivity index (χ1v) is 12.4. The van der Waals surface area contributed by atoms with Crippen LogP contribution in [-0.2, 0) is 26.2 Å². The van der Waals surface area contributed by atoms with Gasteiger partial charge in [-0.15, -0.1) is 0 Å². The number of hydrogen-bond acceptors (Lipinski definition) is 5. The molecule has 0 unspecified atom stereocenters. The monoisotopic (exact) mass is 471 g/mol. The van der Waals surface area contributed by atoms with Crippen molar-refractivity contribution in [1.29, 1.82) is 0 Å². The van der Waals surface area contributed by atoms with Crippen molar-refractivity contribution in [3.63, 3.8) is 0 Å². The molecule has 8 nitrogen and oxygen atoms in total. The normalized spacial score (nSPS) is 15.1. The third-order valence-corrected chi connectivity index (χ3v) is 7.57. The van der Waals surface area contributed by atoms with Crippen LogP contribution < -0.4 is 5.32 Å². The summed E-state index contributed by atoms with van der Waals surface area (Å²) in [5.41, 5.74) is 2.10. The van der Waals surface area contributed by atoms with Gasteiger partial charge < -0.3 is 10.2 Å². The van der Waals surface area contributed by atoms with E-state index >= 15 is 0 Å². The van der Waals surface area contributed by atoms with Crippen molar-refractivity contribution < 1.29 is 22.8 Å². The lowest BCUT2D eigenvalue weighted by Gasteiger charge is -2.30. The summed E-state index contributed by atoms with van der Waals surface area (Å²) >= 11 is 0. The van der Waals surface area contributed by atoms with Crippen molar-refractivity contribution >= 4 is 27.7 Å². The highest BCUT2D eigenvalue weighted by atomic mass is 32.2. The zero-order valence-corrected chi connectivity index (χ0v) is 19.9. The molecule has 2 aromatic rings. The fourth-order valence-corrected chi connectivity index (χ4v) is 5.67. The number of amides is 3. The Morgan fingerprint density at radius 2 is 1.85 bits per heavy atom. The van der Waals surface area contributed by atoms with Crippen LogP contribution in [0.15, 0.2) is 53.4 Å². The molecule has 0 saturated carbocycles. The molecule has 0 aliphatic carbocycles. The van der Waals surface area contributed by atoms with E-state index in [9.17, 15) is 22.8 Å². The number of rotatable bonds is 9. The number of hydrogen-bond donors (Lipinski definition) is 1. The number of carbonyl (C=O) groups excluding carboxylic acids is 3. The number of nitrogens with zero attached hydrogens (tertiary/aromatic N) is 2. The molecule has 1 heterocycles. The lowest BCUT2D eigenvalue weighted by molar-refractivity contribution is -0.141. The van der Waals surface area contributed by atoms with Crippen LogP contribution in [-0.4, -0.2) is 55.0 Å². The van der Waals surface area contributed by atoms with Crippen LogP contribution >= 0.6 is 0 Å². The number of carbonyl (C=O) groups is 3. The highest BCUT2D eigenvalue weighted by Gasteiger charge is 2.40. The van der Waals surface area contributed by atoms with Gasteiger partial charge in [-0.05, 0) is 37.5 Å². The maximum Gasteiger partial charge on any atom is 0.269 e. The molecule has 3 amide bonds. The molecular weight excluding hydrogens is 442 g/mol. The van der Waals surface area contributed by atoms with Gasteiger partial charge in [0.2, 0.25) is 11.8 Å². The second-order valence-corrected chi connectivity index (χ2v) is 9.86. The van der Waals surface area contributed by atoms with Crippen LogP contribution in [0, 0.1) is 6.92 Å². The van der Waals surface area contributed by atoms with Gasteiger partial charge in [-0.3, -0.25) is 14.4 Å². The molecule has 1 aliphatic rings. The zero-order chi connectivity index (χ0) is 24.2. The zero-order valence-electron chi connectivity index (χ0n) is 19.1. The SMILES string of the molecule is CC[C@H](C(=O)NC)N(Cc1cccc(C)c1)C(=O)CCCN1C(=O)c2ccccc2S1(=O)=O. The van der Waals surface area contributed by atoms with Gasteiger partial charge in [0, 0.05) is 26.6 Å². The van der Waals surface area contributed by atoms with Gasteiger partial charge in [-0.2, -0.15) is 0 Å². The largest absolute Gasteiger partial charge is 0.357 e. The summed E-state index contributed by atoms with van der Waals surface area (Å²) in [5.74, 6) is -1.11. The van der Waals surface area contributed by atoms with Gasteiger partial charge in [-0.25, -0.2) is 12.7 Å². The number of nitrogens with one attached hydrogen (secondary N) is 1. The van der Waals surface area contributed by atoms with Gasteiger partial charge in [0.05, 0.1) is 5.56 Å². The summed E-state index contributed by atoms with van der Waals surface area (Å²) in [6, 6.07) is 13.2. The fraction of sp³-hybridized carbons (Fsp3) is 0.375. The molecule has 0 fully saturated rings. The molecule has 0 bridgehead atoms. The number of fused-ring (bicyclic) bond motifs is 1. The molecule has 1 aliphatic heterocycles. The average molecular weight is 472 g/mol. The van der Waals surface area contributed by atoms with E-state index in [1.54, 1.807) is 12.1 Å². The quantitative estimate of drug-likeness (QED) is 0.605. The molecule has 33 heavy (non-hydrogen) atoms. The first-order valence-electron chi connectivity index (χ1n) is 10.9. The predicted molar refractivity (Wildman–Crippen MR) is 124 cm³/mol. The van der Waals surface area contributed by atoms with Crippen molar-refractivity contribution in [2.24, 2.45) is 0 Å².